The Morgan fingerprint density at radius 1 is 0.897 bits per heavy atom. The summed E-state index contributed by atoms with van der Waals surface area (Å²) in [5.74, 6) is -3.90. The molecular weight excluding hydrogens is 506 g/mol. The van der Waals surface area contributed by atoms with Crippen LogP contribution in [0.5, 0.6) is 0 Å². The van der Waals surface area contributed by atoms with Crippen molar-refractivity contribution in [3.8, 4) is 11.1 Å². The van der Waals surface area contributed by atoms with Gasteiger partial charge in [-0.15, -0.1) is 0 Å². The molecule has 4 rings (SSSR count). The molecule has 1 fully saturated rings. The zero-order chi connectivity index (χ0) is 28.2. The van der Waals surface area contributed by atoms with E-state index in [0.29, 0.717) is 37.4 Å². The molecule has 0 bridgehead atoms. The monoisotopic (exact) mass is 536 g/mol. The number of benzene rings is 3. The molecule has 0 aliphatic carbocycles. The molecule has 0 unspecified atom stereocenters. The Morgan fingerprint density at radius 2 is 1.51 bits per heavy atom. The second kappa shape index (κ2) is 11.7. The minimum Gasteiger partial charge on any atom is -0.459 e. The van der Waals surface area contributed by atoms with Crippen LogP contribution in [0.15, 0.2) is 66.7 Å². The van der Waals surface area contributed by atoms with Gasteiger partial charge in [-0.2, -0.15) is 0 Å². The molecule has 0 aromatic heterocycles. The van der Waals surface area contributed by atoms with Gasteiger partial charge in [0.15, 0.2) is 0 Å². The molecule has 0 radical (unpaired) electrons. The second-order valence-electron chi connectivity index (χ2n) is 10.1. The van der Waals surface area contributed by atoms with Crippen LogP contribution in [0.3, 0.4) is 0 Å². The number of hydrogen-bond donors (Lipinski definition) is 0. The topological polar surface area (TPSA) is 76.2 Å². The lowest BCUT2D eigenvalue weighted by Crippen LogP contribution is -2.40. The number of rotatable bonds is 6. The number of esters is 1. The summed E-state index contributed by atoms with van der Waals surface area (Å²) in [4.78, 5) is 41.6. The van der Waals surface area contributed by atoms with Crippen LogP contribution in [0.4, 0.5) is 14.5 Å². The number of morpholine rings is 1. The fourth-order valence-electron chi connectivity index (χ4n) is 4.23. The van der Waals surface area contributed by atoms with E-state index >= 15 is 0 Å². The summed E-state index contributed by atoms with van der Waals surface area (Å²) in [5.41, 5.74) is 0.619. The predicted molar refractivity (Wildman–Crippen MR) is 142 cm³/mol. The van der Waals surface area contributed by atoms with Crippen molar-refractivity contribution in [1.29, 1.82) is 0 Å². The van der Waals surface area contributed by atoms with Gasteiger partial charge in [-0.3, -0.25) is 19.3 Å². The number of nitrogens with zero attached hydrogens (tertiary/aromatic N) is 2. The molecule has 1 saturated heterocycles. The molecule has 3 aromatic carbocycles. The van der Waals surface area contributed by atoms with Crippen molar-refractivity contribution in [2.75, 3.05) is 37.7 Å². The summed E-state index contributed by atoms with van der Waals surface area (Å²) in [6.45, 7) is 6.57. The summed E-state index contributed by atoms with van der Waals surface area (Å²) in [6.07, 6.45) is 0. The van der Waals surface area contributed by atoms with Crippen LogP contribution in [0.1, 0.15) is 41.5 Å². The largest absolute Gasteiger partial charge is 0.459 e. The molecule has 0 atom stereocenters. The Bertz CT molecular complexity index is 1340. The summed E-state index contributed by atoms with van der Waals surface area (Å²) >= 11 is 0. The first-order chi connectivity index (χ1) is 18.5. The number of ether oxygens (including phenoxy) is 2. The maximum atomic E-state index is 14.5. The first kappa shape index (κ1) is 27.9. The highest BCUT2D eigenvalue weighted by molar-refractivity contribution is 6.09. The van der Waals surface area contributed by atoms with E-state index in [4.69, 9.17) is 9.47 Å². The van der Waals surface area contributed by atoms with Crippen molar-refractivity contribution in [2.45, 2.75) is 26.4 Å². The highest BCUT2D eigenvalue weighted by Gasteiger charge is 2.28. The minimum atomic E-state index is -1.04. The van der Waals surface area contributed by atoms with Crippen molar-refractivity contribution >= 4 is 23.5 Å². The zero-order valence-electron chi connectivity index (χ0n) is 22.1. The molecule has 7 nitrogen and oxygen atoms in total. The summed E-state index contributed by atoms with van der Waals surface area (Å²) < 4.78 is 39.7. The zero-order valence-corrected chi connectivity index (χ0v) is 22.1. The Labute approximate surface area is 225 Å². The van der Waals surface area contributed by atoms with E-state index in [1.165, 1.54) is 0 Å². The maximum absolute atomic E-state index is 14.5. The highest BCUT2D eigenvalue weighted by Crippen LogP contribution is 2.28. The molecular formula is C30H30F2N2O5. The van der Waals surface area contributed by atoms with E-state index in [1.54, 1.807) is 74.2 Å². The van der Waals surface area contributed by atoms with Gasteiger partial charge in [0.25, 0.3) is 11.8 Å². The minimum absolute atomic E-state index is 0.0837. The molecule has 0 saturated carbocycles. The van der Waals surface area contributed by atoms with Crippen molar-refractivity contribution in [3.63, 3.8) is 0 Å². The van der Waals surface area contributed by atoms with E-state index in [1.807, 2.05) is 0 Å². The van der Waals surface area contributed by atoms with Crippen LogP contribution >= 0.6 is 0 Å². The van der Waals surface area contributed by atoms with E-state index in [-0.39, 0.29) is 11.6 Å². The molecule has 1 heterocycles. The van der Waals surface area contributed by atoms with Gasteiger partial charge in [-0.25, -0.2) is 8.78 Å². The van der Waals surface area contributed by atoms with Crippen molar-refractivity contribution in [1.82, 2.24) is 4.90 Å². The average molecular weight is 537 g/mol. The Morgan fingerprint density at radius 3 is 2.13 bits per heavy atom. The molecule has 0 spiro atoms. The lowest BCUT2D eigenvalue weighted by Gasteiger charge is -2.27. The third kappa shape index (κ3) is 6.86. The first-order valence-corrected chi connectivity index (χ1v) is 12.6. The van der Waals surface area contributed by atoms with Gasteiger partial charge in [0.05, 0.1) is 13.2 Å². The third-order valence-electron chi connectivity index (χ3n) is 6.05. The summed E-state index contributed by atoms with van der Waals surface area (Å²) in [7, 11) is 0. The van der Waals surface area contributed by atoms with Gasteiger partial charge in [0, 0.05) is 24.3 Å². The van der Waals surface area contributed by atoms with Crippen molar-refractivity contribution in [2.24, 2.45) is 0 Å². The van der Waals surface area contributed by atoms with Gasteiger partial charge < -0.3 is 14.4 Å². The Hall–Kier alpha value is -4.11. The Kier molecular flexibility index (Phi) is 8.40. The molecule has 3 aromatic rings. The summed E-state index contributed by atoms with van der Waals surface area (Å²) in [6, 6.07) is 16.8. The molecule has 2 amide bonds. The number of halogens is 2. The highest BCUT2D eigenvalue weighted by atomic mass is 19.1. The van der Waals surface area contributed by atoms with Gasteiger partial charge in [-0.05, 0) is 68.3 Å². The fraction of sp³-hybridized carbons (Fsp3) is 0.300. The molecule has 39 heavy (non-hydrogen) atoms. The number of anilines is 1. The van der Waals surface area contributed by atoms with Gasteiger partial charge >= 0.3 is 5.97 Å². The number of hydrogen-bond acceptors (Lipinski definition) is 5. The van der Waals surface area contributed by atoms with Crippen LogP contribution in [0.2, 0.25) is 0 Å². The van der Waals surface area contributed by atoms with Crippen LogP contribution in [-0.4, -0.2) is 61.1 Å². The standard InChI is InChI=1S/C30H30F2N2O5/c1-30(2,3)39-26(35)19-34(29(37)27-24(31)8-5-9-25(27)32)23-7-4-6-22(18-23)20-10-12-21(13-11-20)28(36)33-14-16-38-17-15-33/h4-13,18H,14-17,19H2,1-3H3. The molecule has 0 N–H and O–H groups in total. The summed E-state index contributed by atoms with van der Waals surface area (Å²) in [5, 5.41) is 0. The second-order valence-corrected chi connectivity index (χ2v) is 10.1. The van der Waals surface area contributed by atoms with E-state index in [0.717, 1.165) is 28.7 Å². The van der Waals surface area contributed by atoms with Crippen LogP contribution < -0.4 is 4.90 Å². The van der Waals surface area contributed by atoms with E-state index in [2.05, 4.69) is 0 Å². The van der Waals surface area contributed by atoms with E-state index in [9.17, 15) is 23.2 Å². The molecule has 204 valence electrons. The van der Waals surface area contributed by atoms with E-state index < -0.39 is 41.2 Å². The normalized spacial score (nSPS) is 13.6. The fourth-order valence-corrected chi connectivity index (χ4v) is 4.23. The number of amides is 2. The van der Waals surface area contributed by atoms with Crippen molar-refractivity contribution < 1.29 is 32.6 Å². The van der Waals surface area contributed by atoms with Gasteiger partial charge in [-0.1, -0.05) is 30.3 Å². The van der Waals surface area contributed by atoms with Crippen LogP contribution in [0, 0.1) is 11.6 Å². The molecule has 1 aliphatic heterocycles. The third-order valence-corrected chi connectivity index (χ3v) is 6.05. The molecule has 1 aliphatic rings. The molecule has 9 heteroatoms. The lowest BCUT2D eigenvalue weighted by atomic mass is 10.0. The Balaban J connectivity index is 1.64. The smallest absolute Gasteiger partial charge is 0.326 e. The van der Waals surface area contributed by atoms with Gasteiger partial charge in [0.1, 0.15) is 29.3 Å². The maximum Gasteiger partial charge on any atom is 0.326 e. The van der Waals surface area contributed by atoms with Gasteiger partial charge in [0.2, 0.25) is 0 Å². The quantitative estimate of drug-likeness (QED) is 0.410. The van der Waals surface area contributed by atoms with Crippen LogP contribution in [0.25, 0.3) is 11.1 Å². The first-order valence-electron chi connectivity index (χ1n) is 12.6. The number of carbonyl (C=O) groups excluding carboxylic acids is 3. The predicted octanol–water partition coefficient (Wildman–Crippen LogP) is 5.09. The SMILES string of the molecule is CC(C)(C)OC(=O)CN(C(=O)c1c(F)cccc1F)c1cccc(-c2ccc(C(=O)N3CCOCC3)cc2)c1. The number of carbonyl (C=O) groups is 3. The lowest BCUT2D eigenvalue weighted by molar-refractivity contribution is -0.152. The average Bonchev–Trinajstić information content (AvgIpc) is 2.91. The van der Waals surface area contributed by atoms with Crippen LogP contribution in [-0.2, 0) is 14.3 Å². The van der Waals surface area contributed by atoms with Crippen molar-refractivity contribution in [3.05, 3.63) is 89.5 Å².